The molecule has 3 aromatic heterocycles. The Hall–Kier alpha value is -2.41. The third-order valence-corrected chi connectivity index (χ3v) is 2.80. The summed E-state index contributed by atoms with van der Waals surface area (Å²) in [6, 6.07) is 2.83. The van der Waals surface area contributed by atoms with Gasteiger partial charge in [-0.2, -0.15) is 0 Å². The van der Waals surface area contributed by atoms with E-state index in [-0.39, 0.29) is 16.7 Å². The van der Waals surface area contributed by atoms with Crippen LogP contribution in [0.15, 0.2) is 35.9 Å². The van der Waals surface area contributed by atoms with E-state index in [4.69, 9.17) is 11.6 Å². The third kappa shape index (κ3) is 1.93. The van der Waals surface area contributed by atoms with Gasteiger partial charge in [0, 0.05) is 6.20 Å². The molecule has 0 aliphatic heterocycles. The Morgan fingerprint density at radius 3 is 2.84 bits per heavy atom. The lowest BCUT2D eigenvalue weighted by molar-refractivity contribution is 0.619. The SMILES string of the molecule is O=Nc1cnc(-c2cnc3ccc(F)cn23)nc1Cl. The number of imidazole rings is 1. The van der Waals surface area contributed by atoms with Crippen LogP contribution in [0.2, 0.25) is 5.15 Å². The zero-order valence-electron chi connectivity index (χ0n) is 9.29. The largest absolute Gasteiger partial charge is 0.294 e. The average Bonchev–Trinajstić information content (AvgIpc) is 2.81. The number of aromatic nitrogens is 4. The van der Waals surface area contributed by atoms with Gasteiger partial charge in [0.1, 0.15) is 17.2 Å². The van der Waals surface area contributed by atoms with Gasteiger partial charge in [-0.25, -0.2) is 19.3 Å². The smallest absolute Gasteiger partial charge is 0.179 e. The monoisotopic (exact) mass is 277 g/mol. The maximum atomic E-state index is 13.2. The van der Waals surface area contributed by atoms with Gasteiger partial charge >= 0.3 is 0 Å². The van der Waals surface area contributed by atoms with E-state index in [1.165, 1.54) is 35.1 Å². The van der Waals surface area contributed by atoms with Crippen molar-refractivity contribution in [3.05, 3.63) is 46.6 Å². The number of nitroso groups, excluding NO2 is 1. The topological polar surface area (TPSA) is 72.5 Å². The van der Waals surface area contributed by atoms with E-state index >= 15 is 0 Å². The molecule has 0 aliphatic carbocycles. The molecular formula is C11H5ClFN5O. The number of pyridine rings is 1. The lowest BCUT2D eigenvalue weighted by Crippen LogP contribution is -1.94. The Kier molecular flexibility index (Phi) is 2.68. The van der Waals surface area contributed by atoms with Crippen molar-refractivity contribution in [2.75, 3.05) is 0 Å². The summed E-state index contributed by atoms with van der Waals surface area (Å²) in [6.07, 6.45) is 3.96. The Morgan fingerprint density at radius 1 is 1.26 bits per heavy atom. The predicted octanol–water partition coefficient (Wildman–Crippen LogP) is 2.98. The minimum Gasteiger partial charge on any atom is -0.294 e. The number of nitrogens with zero attached hydrogens (tertiary/aromatic N) is 5. The van der Waals surface area contributed by atoms with E-state index in [9.17, 15) is 9.30 Å². The molecule has 8 heteroatoms. The average molecular weight is 278 g/mol. The summed E-state index contributed by atoms with van der Waals surface area (Å²) < 4.78 is 14.7. The summed E-state index contributed by atoms with van der Waals surface area (Å²) in [6.45, 7) is 0. The summed E-state index contributed by atoms with van der Waals surface area (Å²) in [7, 11) is 0. The highest BCUT2D eigenvalue weighted by Crippen LogP contribution is 2.25. The summed E-state index contributed by atoms with van der Waals surface area (Å²) in [5.41, 5.74) is 0.966. The summed E-state index contributed by atoms with van der Waals surface area (Å²) >= 11 is 5.78. The molecule has 3 heterocycles. The van der Waals surface area contributed by atoms with Crippen molar-refractivity contribution in [2.24, 2.45) is 5.18 Å². The van der Waals surface area contributed by atoms with Gasteiger partial charge in [-0.3, -0.25) is 4.40 Å². The normalized spacial score (nSPS) is 10.8. The first-order chi connectivity index (χ1) is 9.19. The molecule has 3 rings (SSSR count). The summed E-state index contributed by atoms with van der Waals surface area (Å²) in [5.74, 6) is -0.181. The highest BCUT2D eigenvalue weighted by atomic mass is 35.5. The van der Waals surface area contributed by atoms with E-state index < -0.39 is 5.82 Å². The van der Waals surface area contributed by atoms with Crippen molar-refractivity contribution in [2.45, 2.75) is 0 Å². The fraction of sp³-hybridized carbons (Fsp3) is 0. The van der Waals surface area contributed by atoms with Gasteiger partial charge in [-0.1, -0.05) is 11.6 Å². The van der Waals surface area contributed by atoms with Crippen LogP contribution in [-0.4, -0.2) is 19.4 Å². The van der Waals surface area contributed by atoms with Crippen LogP contribution in [0.1, 0.15) is 0 Å². The van der Waals surface area contributed by atoms with Crippen molar-refractivity contribution < 1.29 is 4.39 Å². The Bertz CT molecular complexity index is 788. The van der Waals surface area contributed by atoms with E-state index in [1.807, 2.05) is 0 Å². The van der Waals surface area contributed by atoms with Gasteiger partial charge in [0.25, 0.3) is 0 Å². The zero-order valence-corrected chi connectivity index (χ0v) is 10.0. The highest BCUT2D eigenvalue weighted by Gasteiger charge is 2.12. The first-order valence-electron chi connectivity index (χ1n) is 5.18. The lowest BCUT2D eigenvalue weighted by atomic mass is 10.4. The Morgan fingerprint density at radius 2 is 2.11 bits per heavy atom. The number of halogens is 2. The van der Waals surface area contributed by atoms with Crippen molar-refractivity contribution in [1.82, 2.24) is 19.4 Å². The zero-order chi connectivity index (χ0) is 13.4. The molecule has 0 radical (unpaired) electrons. The predicted molar refractivity (Wildman–Crippen MR) is 66.6 cm³/mol. The standard InChI is InChI=1S/C11H5ClFN5O/c12-10-7(17-19)3-15-11(16-10)8-4-14-9-2-1-6(13)5-18(8)9/h1-5H. The third-order valence-electron chi connectivity index (χ3n) is 2.52. The van der Waals surface area contributed by atoms with Crippen LogP contribution in [0.3, 0.4) is 0 Å². The molecule has 0 N–H and O–H groups in total. The maximum Gasteiger partial charge on any atom is 0.179 e. The van der Waals surface area contributed by atoms with Crippen molar-refractivity contribution >= 4 is 22.9 Å². The molecule has 94 valence electrons. The second-order valence-corrected chi connectivity index (χ2v) is 4.04. The molecule has 0 fully saturated rings. The molecular weight excluding hydrogens is 273 g/mol. The van der Waals surface area contributed by atoms with Crippen LogP contribution in [0.25, 0.3) is 17.2 Å². The number of rotatable bonds is 2. The van der Waals surface area contributed by atoms with Crippen molar-refractivity contribution in [3.8, 4) is 11.5 Å². The first kappa shape index (κ1) is 11.7. The van der Waals surface area contributed by atoms with Gasteiger partial charge in [0.2, 0.25) is 0 Å². The second kappa shape index (κ2) is 4.36. The van der Waals surface area contributed by atoms with Gasteiger partial charge in [-0.15, -0.1) is 4.91 Å². The molecule has 0 bridgehead atoms. The van der Waals surface area contributed by atoms with Crippen molar-refractivity contribution in [1.29, 1.82) is 0 Å². The molecule has 0 saturated carbocycles. The molecule has 0 aromatic carbocycles. The molecule has 0 amide bonds. The minimum absolute atomic E-state index is 0.0505. The fourth-order valence-corrected chi connectivity index (χ4v) is 1.82. The molecule has 0 spiro atoms. The van der Waals surface area contributed by atoms with Crippen LogP contribution in [0.4, 0.5) is 10.1 Å². The van der Waals surface area contributed by atoms with E-state index in [2.05, 4.69) is 20.1 Å². The molecule has 6 nitrogen and oxygen atoms in total. The highest BCUT2D eigenvalue weighted by molar-refractivity contribution is 6.31. The second-order valence-electron chi connectivity index (χ2n) is 3.68. The Labute approximate surface area is 110 Å². The molecule has 19 heavy (non-hydrogen) atoms. The maximum absolute atomic E-state index is 13.2. The van der Waals surface area contributed by atoms with Gasteiger partial charge < -0.3 is 0 Å². The Balaban J connectivity index is 2.21. The number of hydrogen-bond acceptors (Lipinski definition) is 5. The van der Waals surface area contributed by atoms with Crippen LogP contribution in [0, 0.1) is 10.7 Å². The molecule has 0 unspecified atom stereocenters. The summed E-state index contributed by atoms with van der Waals surface area (Å²) in [5, 5.41) is 2.62. The quantitative estimate of drug-likeness (QED) is 0.533. The van der Waals surface area contributed by atoms with E-state index in [1.54, 1.807) is 0 Å². The van der Waals surface area contributed by atoms with Crippen LogP contribution < -0.4 is 0 Å². The fourth-order valence-electron chi connectivity index (χ4n) is 1.66. The van der Waals surface area contributed by atoms with E-state index in [0.29, 0.717) is 11.3 Å². The van der Waals surface area contributed by atoms with Crippen molar-refractivity contribution in [3.63, 3.8) is 0 Å². The van der Waals surface area contributed by atoms with Crippen LogP contribution in [-0.2, 0) is 0 Å². The first-order valence-corrected chi connectivity index (χ1v) is 5.56. The van der Waals surface area contributed by atoms with Gasteiger partial charge in [0.15, 0.2) is 16.7 Å². The van der Waals surface area contributed by atoms with Crippen LogP contribution >= 0.6 is 11.6 Å². The van der Waals surface area contributed by atoms with E-state index in [0.717, 1.165) is 0 Å². The molecule has 0 saturated heterocycles. The van der Waals surface area contributed by atoms with Gasteiger partial charge in [0.05, 0.1) is 12.4 Å². The lowest BCUT2D eigenvalue weighted by Gasteiger charge is -2.01. The number of fused-ring (bicyclic) bond motifs is 1. The van der Waals surface area contributed by atoms with Crippen LogP contribution in [0.5, 0.6) is 0 Å². The van der Waals surface area contributed by atoms with Gasteiger partial charge in [-0.05, 0) is 17.3 Å². The summed E-state index contributed by atoms with van der Waals surface area (Å²) in [4.78, 5) is 22.4. The minimum atomic E-state index is -0.413. The molecule has 3 aromatic rings. The molecule has 0 atom stereocenters. The molecule has 0 aliphatic rings. The number of hydrogen-bond donors (Lipinski definition) is 0.